The zero-order valence-electron chi connectivity index (χ0n) is 10.6. The van der Waals surface area contributed by atoms with Gasteiger partial charge in [0, 0.05) is 25.2 Å². The SMILES string of the molecule is CN1CC2CCC1C(NCc1ccccc1)C2. The van der Waals surface area contributed by atoms with Gasteiger partial charge in [0.2, 0.25) is 0 Å². The van der Waals surface area contributed by atoms with Gasteiger partial charge < -0.3 is 10.2 Å². The van der Waals surface area contributed by atoms with Crippen LogP contribution >= 0.6 is 0 Å². The van der Waals surface area contributed by atoms with Crippen molar-refractivity contribution < 1.29 is 0 Å². The number of piperidine rings is 2. The molecule has 1 aromatic rings. The maximum absolute atomic E-state index is 3.76. The van der Waals surface area contributed by atoms with E-state index in [-0.39, 0.29) is 0 Å². The molecule has 2 heteroatoms. The van der Waals surface area contributed by atoms with Crippen LogP contribution in [0.25, 0.3) is 0 Å². The van der Waals surface area contributed by atoms with Crippen LogP contribution in [-0.4, -0.2) is 30.6 Å². The Morgan fingerprint density at radius 1 is 1.24 bits per heavy atom. The molecule has 2 bridgehead atoms. The van der Waals surface area contributed by atoms with E-state index in [0.29, 0.717) is 6.04 Å². The normalized spacial score (nSPS) is 32.9. The fraction of sp³-hybridized carbons (Fsp3) is 0.600. The first-order valence-corrected chi connectivity index (χ1v) is 6.80. The van der Waals surface area contributed by atoms with E-state index in [0.717, 1.165) is 18.5 Å². The maximum atomic E-state index is 3.76. The second-order valence-electron chi connectivity index (χ2n) is 5.66. The Morgan fingerprint density at radius 2 is 2.06 bits per heavy atom. The van der Waals surface area contributed by atoms with Gasteiger partial charge in [-0.1, -0.05) is 30.3 Å². The molecule has 0 amide bonds. The minimum Gasteiger partial charge on any atom is -0.308 e. The van der Waals surface area contributed by atoms with E-state index in [2.05, 4.69) is 47.6 Å². The number of benzene rings is 1. The van der Waals surface area contributed by atoms with Gasteiger partial charge in [-0.25, -0.2) is 0 Å². The molecule has 2 heterocycles. The first kappa shape index (κ1) is 11.2. The minimum absolute atomic E-state index is 0.702. The molecular weight excluding hydrogens is 208 g/mol. The highest BCUT2D eigenvalue weighted by atomic mass is 15.2. The molecule has 2 saturated heterocycles. The molecule has 0 spiro atoms. The smallest absolute Gasteiger partial charge is 0.0246 e. The summed E-state index contributed by atoms with van der Waals surface area (Å²) in [5.74, 6) is 0.929. The quantitative estimate of drug-likeness (QED) is 0.857. The zero-order valence-corrected chi connectivity index (χ0v) is 10.6. The molecule has 2 aliphatic heterocycles. The molecule has 1 N–H and O–H groups in total. The molecule has 1 aromatic carbocycles. The third-order valence-electron chi connectivity index (χ3n) is 4.45. The molecule has 3 aliphatic rings. The third-order valence-corrected chi connectivity index (χ3v) is 4.45. The zero-order chi connectivity index (χ0) is 11.7. The van der Waals surface area contributed by atoms with Gasteiger partial charge in [0.05, 0.1) is 0 Å². The topological polar surface area (TPSA) is 15.3 Å². The van der Waals surface area contributed by atoms with Crippen molar-refractivity contribution in [1.82, 2.24) is 10.2 Å². The van der Waals surface area contributed by atoms with Crippen molar-refractivity contribution >= 4 is 0 Å². The molecule has 3 atom stereocenters. The van der Waals surface area contributed by atoms with E-state index in [1.807, 2.05) is 0 Å². The van der Waals surface area contributed by atoms with E-state index in [9.17, 15) is 0 Å². The van der Waals surface area contributed by atoms with Gasteiger partial charge in [-0.2, -0.15) is 0 Å². The number of rotatable bonds is 3. The number of nitrogens with one attached hydrogen (secondary N) is 1. The fourth-order valence-corrected chi connectivity index (χ4v) is 3.54. The first-order chi connectivity index (χ1) is 8.33. The second kappa shape index (κ2) is 4.79. The number of hydrogen-bond donors (Lipinski definition) is 1. The Morgan fingerprint density at radius 3 is 2.76 bits per heavy atom. The van der Waals surface area contributed by atoms with Gasteiger partial charge in [0.15, 0.2) is 0 Å². The van der Waals surface area contributed by atoms with Crippen LogP contribution in [0.2, 0.25) is 0 Å². The van der Waals surface area contributed by atoms with E-state index in [4.69, 9.17) is 0 Å². The highest BCUT2D eigenvalue weighted by molar-refractivity contribution is 5.14. The molecule has 1 saturated carbocycles. The lowest BCUT2D eigenvalue weighted by molar-refractivity contribution is 0.0394. The monoisotopic (exact) mass is 230 g/mol. The van der Waals surface area contributed by atoms with Crippen LogP contribution in [0.4, 0.5) is 0 Å². The number of nitrogens with zero attached hydrogens (tertiary/aromatic N) is 1. The van der Waals surface area contributed by atoms with Crippen LogP contribution in [0.3, 0.4) is 0 Å². The van der Waals surface area contributed by atoms with E-state index >= 15 is 0 Å². The predicted molar refractivity (Wildman–Crippen MR) is 70.8 cm³/mol. The van der Waals surface area contributed by atoms with Crippen molar-refractivity contribution in [2.45, 2.75) is 37.9 Å². The molecular formula is C15H22N2. The van der Waals surface area contributed by atoms with Gasteiger partial charge >= 0.3 is 0 Å². The van der Waals surface area contributed by atoms with Crippen molar-refractivity contribution in [1.29, 1.82) is 0 Å². The summed E-state index contributed by atoms with van der Waals surface area (Å²) in [4.78, 5) is 2.56. The van der Waals surface area contributed by atoms with E-state index in [1.165, 1.54) is 31.4 Å². The molecule has 0 radical (unpaired) electrons. The predicted octanol–water partition coefficient (Wildman–Crippen LogP) is 2.26. The van der Waals surface area contributed by atoms with Gasteiger partial charge in [0.1, 0.15) is 0 Å². The summed E-state index contributed by atoms with van der Waals surface area (Å²) in [6.45, 7) is 2.33. The molecule has 0 aromatic heterocycles. The second-order valence-corrected chi connectivity index (χ2v) is 5.66. The van der Waals surface area contributed by atoms with Crippen LogP contribution in [0.15, 0.2) is 30.3 Å². The number of likely N-dealkylation sites (N-methyl/N-ethyl adjacent to an activating group) is 1. The summed E-state index contributed by atoms with van der Waals surface area (Å²) in [5.41, 5.74) is 1.40. The summed E-state index contributed by atoms with van der Waals surface area (Å²) in [6.07, 6.45) is 4.20. The van der Waals surface area contributed by atoms with Crippen molar-refractivity contribution in [3.05, 3.63) is 35.9 Å². The molecule has 1 aliphatic carbocycles. The Balaban J connectivity index is 1.59. The lowest BCUT2D eigenvalue weighted by Crippen LogP contribution is -2.58. The molecule has 3 unspecified atom stereocenters. The van der Waals surface area contributed by atoms with Gasteiger partial charge in [-0.05, 0) is 37.8 Å². The summed E-state index contributed by atoms with van der Waals surface area (Å²) >= 11 is 0. The Kier molecular flexibility index (Phi) is 3.17. The maximum Gasteiger partial charge on any atom is 0.0246 e. The van der Waals surface area contributed by atoms with Gasteiger partial charge in [-0.15, -0.1) is 0 Å². The van der Waals surface area contributed by atoms with Crippen molar-refractivity contribution in [2.24, 2.45) is 5.92 Å². The molecule has 17 heavy (non-hydrogen) atoms. The molecule has 2 nitrogen and oxygen atoms in total. The van der Waals surface area contributed by atoms with Crippen molar-refractivity contribution in [2.75, 3.05) is 13.6 Å². The highest BCUT2D eigenvalue weighted by Crippen LogP contribution is 2.34. The van der Waals surface area contributed by atoms with Crippen molar-refractivity contribution in [3.8, 4) is 0 Å². The standard InChI is InChI=1S/C15H22N2/c1-17-11-13-7-8-15(17)14(9-13)16-10-12-5-3-2-4-6-12/h2-6,13-16H,7-11H2,1H3. The Bertz CT molecular complexity index is 362. The summed E-state index contributed by atoms with van der Waals surface area (Å²) < 4.78 is 0. The van der Waals surface area contributed by atoms with Gasteiger partial charge in [0.25, 0.3) is 0 Å². The van der Waals surface area contributed by atoms with Crippen LogP contribution in [0, 0.1) is 5.92 Å². The molecule has 3 fully saturated rings. The fourth-order valence-electron chi connectivity index (χ4n) is 3.54. The van der Waals surface area contributed by atoms with Crippen LogP contribution < -0.4 is 5.32 Å². The summed E-state index contributed by atoms with van der Waals surface area (Å²) in [7, 11) is 2.28. The van der Waals surface area contributed by atoms with E-state index in [1.54, 1.807) is 0 Å². The lowest BCUT2D eigenvalue weighted by atomic mass is 9.77. The first-order valence-electron chi connectivity index (χ1n) is 6.80. The Labute approximate surface area is 104 Å². The molecule has 92 valence electrons. The van der Waals surface area contributed by atoms with Crippen LogP contribution in [-0.2, 0) is 6.54 Å². The van der Waals surface area contributed by atoms with Crippen LogP contribution in [0.5, 0.6) is 0 Å². The minimum atomic E-state index is 0.702. The molecule has 4 rings (SSSR count). The average molecular weight is 230 g/mol. The number of hydrogen-bond acceptors (Lipinski definition) is 2. The van der Waals surface area contributed by atoms with Gasteiger partial charge in [-0.3, -0.25) is 0 Å². The average Bonchev–Trinajstić information content (AvgIpc) is 2.38. The number of fused-ring (bicyclic) bond motifs is 3. The van der Waals surface area contributed by atoms with Crippen molar-refractivity contribution in [3.63, 3.8) is 0 Å². The highest BCUT2D eigenvalue weighted by Gasteiger charge is 2.38. The summed E-state index contributed by atoms with van der Waals surface area (Å²) in [5, 5.41) is 3.76. The Hall–Kier alpha value is -0.860. The summed E-state index contributed by atoms with van der Waals surface area (Å²) in [6, 6.07) is 12.2. The van der Waals surface area contributed by atoms with Crippen LogP contribution in [0.1, 0.15) is 24.8 Å². The third kappa shape index (κ3) is 2.38. The van der Waals surface area contributed by atoms with E-state index < -0.39 is 0 Å². The largest absolute Gasteiger partial charge is 0.308 e. The lowest BCUT2D eigenvalue weighted by Gasteiger charge is -2.48.